The van der Waals surface area contributed by atoms with Gasteiger partial charge in [0.05, 0.1) is 12.1 Å². The molecule has 2 aromatic carbocycles. The van der Waals surface area contributed by atoms with Crippen LogP contribution in [0.4, 0.5) is 0 Å². The van der Waals surface area contributed by atoms with Gasteiger partial charge in [0, 0.05) is 35.4 Å². The molecule has 0 amide bonds. The average Bonchev–Trinajstić information content (AvgIpc) is 2.80. The van der Waals surface area contributed by atoms with Gasteiger partial charge in [-0.2, -0.15) is 0 Å². The largest absolute Gasteiger partial charge is 0.494 e. The molecule has 3 nitrogen and oxygen atoms in total. The fraction of sp³-hybridized carbons (Fsp3) is 0.333. The van der Waals surface area contributed by atoms with E-state index in [4.69, 9.17) is 4.74 Å². The Hall–Kier alpha value is -2.00. The van der Waals surface area contributed by atoms with Crippen molar-refractivity contribution in [1.82, 2.24) is 9.88 Å². The molecule has 1 heterocycles. The number of aryl methyl sites for hydroxylation is 1. The van der Waals surface area contributed by atoms with E-state index in [2.05, 4.69) is 53.2 Å². The Kier molecular flexibility index (Phi) is 3.84. The predicted octanol–water partition coefficient (Wildman–Crippen LogP) is 3.93. The molecule has 0 saturated carbocycles. The molecular weight excluding hydrogens is 260 g/mol. The van der Waals surface area contributed by atoms with Gasteiger partial charge in [0.2, 0.25) is 0 Å². The molecule has 0 unspecified atom stereocenters. The summed E-state index contributed by atoms with van der Waals surface area (Å²) in [6.07, 6.45) is 0. The predicted molar refractivity (Wildman–Crippen MR) is 89.1 cm³/mol. The van der Waals surface area contributed by atoms with Crippen LogP contribution in [-0.4, -0.2) is 18.2 Å². The second kappa shape index (κ2) is 5.78. The van der Waals surface area contributed by atoms with Crippen molar-refractivity contribution < 1.29 is 4.74 Å². The van der Waals surface area contributed by atoms with Crippen LogP contribution in [0.1, 0.15) is 19.4 Å². The lowest BCUT2D eigenvalue weighted by Crippen LogP contribution is -2.04. The number of nitrogens with one attached hydrogen (secondary N) is 1. The fourth-order valence-electron chi connectivity index (χ4n) is 3.04. The highest BCUT2D eigenvalue weighted by atomic mass is 16.5. The van der Waals surface area contributed by atoms with E-state index in [1.807, 2.05) is 14.0 Å². The molecule has 110 valence electrons. The van der Waals surface area contributed by atoms with Gasteiger partial charge in [0.15, 0.2) is 0 Å². The van der Waals surface area contributed by atoms with Crippen LogP contribution in [0, 0.1) is 0 Å². The first-order valence-corrected chi connectivity index (χ1v) is 7.60. The van der Waals surface area contributed by atoms with Gasteiger partial charge < -0.3 is 14.6 Å². The molecule has 3 aromatic rings. The molecule has 1 aromatic heterocycles. The van der Waals surface area contributed by atoms with Crippen LogP contribution < -0.4 is 10.1 Å². The van der Waals surface area contributed by atoms with E-state index in [0.717, 1.165) is 18.8 Å². The molecule has 3 rings (SSSR count). The van der Waals surface area contributed by atoms with Gasteiger partial charge >= 0.3 is 0 Å². The summed E-state index contributed by atoms with van der Waals surface area (Å²) in [5.74, 6) is 0.943. The third-order valence-corrected chi connectivity index (χ3v) is 3.91. The summed E-state index contributed by atoms with van der Waals surface area (Å²) in [5.41, 5.74) is 3.86. The first-order chi connectivity index (χ1) is 10.3. The van der Waals surface area contributed by atoms with Gasteiger partial charge in [-0.05, 0) is 50.7 Å². The number of benzene rings is 2. The number of hydrogen-bond donors (Lipinski definition) is 1. The van der Waals surface area contributed by atoms with Gasteiger partial charge in [0.1, 0.15) is 5.75 Å². The summed E-state index contributed by atoms with van der Waals surface area (Å²) in [6, 6.07) is 13.1. The highest BCUT2D eigenvalue weighted by molar-refractivity contribution is 6.08. The summed E-state index contributed by atoms with van der Waals surface area (Å²) in [7, 11) is 1.98. The van der Waals surface area contributed by atoms with Crippen molar-refractivity contribution in [1.29, 1.82) is 0 Å². The first kappa shape index (κ1) is 14.0. The third kappa shape index (κ3) is 2.38. The van der Waals surface area contributed by atoms with Crippen LogP contribution in [0.25, 0.3) is 21.8 Å². The Morgan fingerprint density at radius 2 is 1.86 bits per heavy atom. The molecule has 3 heteroatoms. The van der Waals surface area contributed by atoms with Crippen molar-refractivity contribution in [3.63, 3.8) is 0 Å². The van der Waals surface area contributed by atoms with Crippen LogP contribution in [0.3, 0.4) is 0 Å². The molecule has 0 aliphatic rings. The molecule has 0 aliphatic heterocycles. The lowest BCUT2D eigenvalue weighted by molar-refractivity contribution is 0.340. The highest BCUT2D eigenvalue weighted by Crippen LogP contribution is 2.32. The van der Waals surface area contributed by atoms with Crippen LogP contribution in [-0.2, 0) is 13.1 Å². The molecule has 0 spiro atoms. The van der Waals surface area contributed by atoms with Gasteiger partial charge in [-0.3, -0.25) is 0 Å². The Labute approximate surface area is 125 Å². The number of ether oxygens (including phenoxy) is 1. The highest BCUT2D eigenvalue weighted by Gasteiger charge is 2.11. The Bertz CT molecular complexity index is 774. The zero-order valence-electron chi connectivity index (χ0n) is 12.9. The monoisotopic (exact) mass is 282 g/mol. The lowest BCUT2D eigenvalue weighted by atomic mass is 10.1. The van der Waals surface area contributed by atoms with E-state index < -0.39 is 0 Å². The van der Waals surface area contributed by atoms with Crippen molar-refractivity contribution >= 4 is 21.8 Å². The molecular formula is C18H22N2O. The summed E-state index contributed by atoms with van der Waals surface area (Å²) in [4.78, 5) is 0. The molecule has 1 N–H and O–H groups in total. The minimum atomic E-state index is 0.699. The molecule has 0 aliphatic carbocycles. The fourth-order valence-corrected chi connectivity index (χ4v) is 3.04. The second-order valence-electron chi connectivity index (χ2n) is 5.24. The molecule has 0 bridgehead atoms. The van der Waals surface area contributed by atoms with Crippen LogP contribution in [0.2, 0.25) is 0 Å². The van der Waals surface area contributed by atoms with E-state index in [1.54, 1.807) is 0 Å². The number of aromatic nitrogens is 1. The maximum absolute atomic E-state index is 5.65. The minimum Gasteiger partial charge on any atom is -0.494 e. The second-order valence-corrected chi connectivity index (χ2v) is 5.24. The molecule has 0 saturated heterocycles. The van der Waals surface area contributed by atoms with Crippen molar-refractivity contribution in [2.75, 3.05) is 13.7 Å². The molecule has 0 fully saturated rings. The van der Waals surface area contributed by atoms with Gasteiger partial charge in [-0.1, -0.05) is 6.07 Å². The van der Waals surface area contributed by atoms with Gasteiger partial charge in [0.25, 0.3) is 0 Å². The maximum atomic E-state index is 5.65. The van der Waals surface area contributed by atoms with Crippen LogP contribution in [0.15, 0.2) is 36.4 Å². The molecule has 21 heavy (non-hydrogen) atoms. The smallest absolute Gasteiger partial charge is 0.121 e. The first-order valence-electron chi connectivity index (χ1n) is 7.60. The van der Waals surface area contributed by atoms with E-state index in [0.29, 0.717) is 6.61 Å². The topological polar surface area (TPSA) is 26.2 Å². The Morgan fingerprint density at radius 1 is 1.00 bits per heavy atom. The number of hydrogen-bond acceptors (Lipinski definition) is 2. The number of fused-ring (bicyclic) bond motifs is 3. The average molecular weight is 282 g/mol. The van der Waals surface area contributed by atoms with Crippen LogP contribution in [0.5, 0.6) is 5.75 Å². The number of rotatable bonds is 5. The van der Waals surface area contributed by atoms with Crippen molar-refractivity contribution in [3.8, 4) is 5.75 Å². The quantitative estimate of drug-likeness (QED) is 0.767. The minimum absolute atomic E-state index is 0.699. The molecule has 0 radical (unpaired) electrons. The number of nitrogens with zero attached hydrogens (tertiary/aromatic N) is 1. The van der Waals surface area contributed by atoms with Gasteiger partial charge in [-0.25, -0.2) is 0 Å². The normalized spacial score (nSPS) is 11.4. The summed E-state index contributed by atoms with van der Waals surface area (Å²) < 4.78 is 8.01. The van der Waals surface area contributed by atoms with Gasteiger partial charge in [-0.15, -0.1) is 0 Å². The Morgan fingerprint density at radius 3 is 2.57 bits per heavy atom. The summed E-state index contributed by atoms with van der Waals surface area (Å²) in [6.45, 7) is 6.76. The maximum Gasteiger partial charge on any atom is 0.121 e. The third-order valence-electron chi connectivity index (χ3n) is 3.91. The van der Waals surface area contributed by atoms with Crippen molar-refractivity contribution in [2.24, 2.45) is 0 Å². The Balaban J connectivity index is 2.27. The summed E-state index contributed by atoms with van der Waals surface area (Å²) in [5, 5.41) is 5.84. The molecule has 0 atom stereocenters. The van der Waals surface area contributed by atoms with Crippen LogP contribution >= 0.6 is 0 Å². The van der Waals surface area contributed by atoms with Crippen molar-refractivity contribution in [3.05, 3.63) is 42.0 Å². The summed E-state index contributed by atoms with van der Waals surface area (Å²) >= 11 is 0. The van der Waals surface area contributed by atoms with E-state index in [-0.39, 0.29) is 0 Å². The van der Waals surface area contributed by atoms with E-state index >= 15 is 0 Å². The lowest BCUT2D eigenvalue weighted by Gasteiger charge is -2.06. The van der Waals surface area contributed by atoms with E-state index in [9.17, 15) is 0 Å². The SMILES string of the molecule is CCOc1ccc2c3cc(CNC)ccc3n(CC)c2c1. The van der Waals surface area contributed by atoms with E-state index in [1.165, 1.54) is 27.4 Å². The van der Waals surface area contributed by atoms with Crippen molar-refractivity contribution in [2.45, 2.75) is 26.9 Å². The zero-order chi connectivity index (χ0) is 14.8. The zero-order valence-corrected chi connectivity index (χ0v) is 12.9. The standard InChI is InChI=1S/C18H22N2O/c1-4-20-17-9-6-13(12-19-3)10-16(17)15-8-7-14(21-5-2)11-18(15)20/h6-11,19H,4-5,12H2,1-3H3.